The largest absolute Gasteiger partial charge is 0.322 e. The molecule has 8 heteroatoms. The van der Waals surface area contributed by atoms with Crippen LogP contribution < -0.4 is 10.2 Å². The van der Waals surface area contributed by atoms with Gasteiger partial charge in [0.25, 0.3) is 0 Å². The monoisotopic (exact) mass is 370 g/mol. The van der Waals surface area contributed by atoms with Gasteiger partial charge >= 0.3 is 0 Å². The summed E-state index contributed by atoms with van der Waals surface area (Å²) in [6.45, 7) is 2.58. The SMILES string of the molecule is CC(=O)N(CC(=O)Nc1ccc(F)c(F)c1F)c1ccc(C)c(Cl)c1. The predicted octanol–water partition coefficient (Wildman–Crippen LogP) is 4.06. The average Bonchev–Trinajstić information content (AvgIpc) is 2.55. The van der Waals surface area contributed by atoms with Crippen molar-refractivity contribution in [1.82, 2.24) is 0 Å². The van der Waals surface area contributed by atoms with Crippen LogP contribution >= 0.6 is 11.6 Å². The number of amides is 2. The zero-order valence-electron chi connectivity index (χ0n) is 13.4. The van der Waals surface area contributed by atoms with Crippen molar-refractivity contribution in [3.8, 4) is 0 Å². The quantitative estimate of drug-likeness (QED) is 0.825. The van der Waals surface area contributed by atoms with E-state index >= 15 is 0 Å². The zero-order valence-corrected chi connectivity index (χ0v) is 14.1. The van der Waals surface area contributed by atoms with Gasteiger partial charge in [-0.05, 0) is 36.8 Å². The van der Waals surface area contributed by atoms with Crippen molar-refractivity contribution in [2.24, 2.45) is 0 Å². The molecule has 1 N–H and O–H groups in total. The third-order valence-electron chi connectivity index (χ3n) is 3.46. The van der Waals surface area contributed by atoms with Crippen LogP contribution in [0.25, 0.3) is 0 Å². The third kappa shape index (κ3) is 4.30. The second-order valence-electron chi connectivity index (χ2n) is 5.31. The summed E-state index contributed by atoms with van der Waals surface area (Å²) in [4.78, 5) is 25.0. The van der Waals surface area contributed by atoms with E-state index in [9.17, 15) is 22.8 Å². The lowest BCUT2D eigenvalue weighted by molar-refractivity contribution is -0.120. The van der Waals surface area contributed by atoms with E-state index in [1.807, 2.05) is 0 Å². The number of carbonyl (C=O) groups excluding carboxylic acids is 2. The Morgan fingerprint density at radius 2 is 1.80 bits per heavy atom. The Morgan fingerprint density at radius 1 is 1.12 bits per heavy atom. The van der Waals surface area contributed by atoms with Crippen LogP contribution in [0.5, 0.6) is 0 Å². The third-order valence-corrected chi connectivity index (χ3v) is 3.87. The fourth-order valence-electron chi connectivity index (χ4n) is 2.09. The Hall–Kier alpha value is -2.54. The molecule has 132 valence electrons. The number of nitrogens with one attached hydrogen (secondary N) is 1. The molecule has 0 atom stereocenters. The van der Waals surface area contributed by atoms with E-state index < -0.39 is 41.5 Å². The van der Waals surface area contributed by atoms with Crippen LogP contribution in [0.4, 0.5) is 24.5 Å². The highest BCUT2D eigenvalue weighted by atomic mass is 35.5. The molecular formula is C17H14ClF3N2O2. The van der Waals surface area contributed by atoms with Crippen LogP contribution in [-0.4, -0.2) is 18.4 Å². The fraction of sp³-hybridized carbons (Fsp3) is 0.176. The Labute approximate surface area is 147 Å². The molecule has 0 fully saturated rings. The van der Waals surface area contributed by atoms with Crippen LogP contribution in [0, 0.1) is 24.4 Å². The van der Waals surface area contributed by atoms with Crippen molar-refractivity contribution < 1.29 is 22.8 Å². The Balaban J connectivity index is 2.20. The molecule has 2 aromatic carbocycles. The number of anilines is 2. The van der Waals surface area contributed by atoms with Crippen LogP contribution in [0.15, 0.2) is 30.3 Å². The first kappa shape index (κ1) is 18.8. The summed E-state index contributed by atoms with van der Waals surface area (Å²) in [5, 5.41) is 2.52. The molecule has 0 unspecified atom stereocenters. The van der Waals surface area contributed by atoms with Crippen molar-refractivity contribution >= 4 is 34.8 Å². The smallest absolute Gasteiger partial charge is 0.244 e. The number of hydrogen-bond donors (Lipinski definition) is 1. The molecule has 0 aliphatic rings. The number of benzene rings is 2. The van der Waals surface area contributed by atoms with Crippen LogP contribution in [0.1, 0.15) is 12.5 Å². The van der Waals surface area contributed by atoms with Crippen LogP contribution in [0.2, 0.25) is 5.02 Å². The van der Waals surface area contributed by atoms with E-state index in [1.54, 1.807) is 19.1 Å². The number of rotatable bonds is 4. The maximum Gasteiger partial charge on any atom is 0.244 e. The Morgan fingerprint density at radius 3 is 2.40 bits per heavy atom. The van der Waals surface area contributed by atoms with Crippen molar-refractivity contribution in [2.75, 3.05) is 16.8 Å². The van der Waals surface area contributed by atoms with E-state index in [4.69, 9.17) is 11.6 Å². The summed E-state index contributed by atoms with van der Waals surface area (Å²) in [7, 11) is 0. The number of hydrogen-bond acceptors (Lipinski definition) is 2. The van der Waals surface area contributed by atoms with Gasteiger partial charge in [0.05, 0.1) is 5.69 Å². The zero-order chi connectivity index (χ0) is 18.7. The highest BCUT2D eigenvalue weighted by molar-refractivity contribution is 6.31. The molecule has 0 radical (unpaired) electrons. The second kappa shape index (κ2) is 7.57. The van der Waals surface area contributed by atoms with E-state index in [-0.39, 0.29) is 0 Å². The van der Waals surface area contributed by atoms with Gasteiger partial charge in [0.15, 0.2) is 17.5 Å². The Bertz CT molecular complexity index is 843. The summed E-state index contributed by atoms with van der Waals surface area (Å²) >= 11 is 6.02. The number of aryl methyl sites for hydroxylation is 1. The summed E-state index contributed by atoms with van der Waals surface area (Å²) in [5.74, 6) is -5.79. The first-order valence-electron chi connectivity index (χ1n) is 7.18. The molecule has 4 nitrogen and oxygen atoms in total. The maximum atomic E-state index is 13.6. The second-order valence-corrected chi connectivity index (χ2v) is 5.72. The van der Waals surface area contributed by atoms with Gasteiger partial charge in [0.1, 0.15) is 6.54 Å². The highest BCUT2D eigenvalue weighted by Crippen LogP contribution is 2.24. The lowest BCUT2D eigenvalue weighted by atomic mass is 10.2. The number of carbonyl (C=O) groups is 2. The molecule has 2 aromatic rings. The normalized spacial score (nSPS) is 10.5. The summed E-state index contributed by atoms with van der Waals surface area (Å²) in [6.07, 6.45) is 0. The van der Waals surface area contributed by atoms with Crippen LogP contribution in [-0.2, 0) is 9.59 Å². The number of halogens is 4. The minimum atomic E-state index is -1.69. The molecule has 0 saturated carbocycles. The predicted molar refractivity (Wildman–Crippen MR) is 89.2 cm³/mol. The van der Waals surface area contributed by atoms with E-state index in [0.717, 1.165) is 16.5 Å². The first-order valence-corrected chi connectivity index (χ1v) is 7.56. The molecule has 0 spiro atoms. The molecule has 0 aliphatic heterocycles. The van der Waals surface area contributed by atoms with Gasteiger partial charge in [-0.15, -0.1) is 0 Å². The lowest BCUT2D eigenvalue weighted by Gasteiger charge is -2.21. The molecule has 2 rings (SSSR count). The Kier molecular flexibility index (Phi) is 5.69. The summed E-state index contributed by atoms with van der Waals surface area (Å²) < 4.78 is 39.7. The lowest BCUT2D eigenvalue weighted by Crippen LogP contribution is -2.36. The van der Waals surface area contributed by atoms with Gasteiger partial charge in [-0.3, -0.25) is 9.59 Å². The minimum absolute atomic E-state index is 0.379. The molecular weight excluding hydrogens is 357 g/mol. The fourth-order valence-corrected chi connectivity index (χ4v) is 2.26. The van der Waals surface area contributed by atoms with Crippen molar-refractivity contribution in [3.05, 3.63) is 58.4 Å². The summed E-state index contributed by atoms with van der Waals surface area (Å²) in [6, 6.07) is 6.39. The van der Waals surface area contributed by atoms with Crippen molar-refractivity contribution in [1.29, 1.82) is 0 Å². The van der Waals surface area contributed by atoms with Gasteiger partial charge in [0, 0.05) is 17.6 Å². The molecule has 0 saturated heterocycles. The van der Waals surface area contributed by atoms with Crippen LogP contribution in [0.3, 0.4) is 0 Å². The molecule has 0 aromatic heterocycles. The van der Waals surface area contributed by atoms with E-state index in [2.05, 4.69) is 5.32 Å². The van der Waals surface area contributed by atoms with E-state index in [0.29, 0.717) is 16.8 Å². The first-order chi connectivity index (χ1) is 11.7. The molecule has 25 heavy (non-hydrogen) atoms. The van der Waals surface area contributed by atoms with Gasteiger partial charge in [-0.2, -0.15) is 0 Å². The van der Waals surface area contributed by atoms with Gasteiger partial charge in [-0.1, -0.05) is 17.7 Å². The van der Waals surface area contributed by atoms with Crippen molar-refractivity contribution in [2.45, 2.75) is 13.8 Å². The van der Waals surface area contributed by atoms with Gasteiger partial charge < -0.3 is 10.2 Å². The average molecular weight is 371 g/mol. The highest BCUT2D eigenvalue weighted by Gasteiger charge is 2.19. The summed E-state index contributed by atoms with van der Waals surface area (Å²) in [5.41, 5.74) is 0.653. The maximum absolute atomic E-state index is 13.6. The molecule has 0 aliphatic carbocycles. The number of nitrogens with zero attached hydrogens (tertiary/aromatic N) is 1. The molecule has 0 heterocycles. The topological polar surface area (TPSA) is 49.4 Å². The van der Waals surface area contributed by atoms with E-state index in [1.165, 1.54) is 13.0 Å². The van der Waals surface area contributed by atoms with Gasteiger partial charge in [-0.25, -0.2) is 13.2 Å². The van der Waals surface area contributed by atoms with Gasteiger partial charge in [0.2, 0.25) is 11.8 Å². The standard InChI is InChI=1S/C17H14ClF3N2O2/c1-9-3-4-11(7-12(9)18)23(10(2)24)8-15(25)22-14-6-5-13(19)16(20)17(14)21/h3-7H,8H2,1-2H3,(H,22,25). The van der Waals surface area contributed by atoms with Crippen molar-refractivity contribution in [3.63, 3.8) is 0 Å². The molecule has 0 bridgehead atoms. The minimum Gasteiger partial charge on any atom is -0.322 e. The molecule has 2 amide bonds.